The van der Waals surface area contributed by atoms with Gasteiger partial charge in [0.15, 0.2) is 0 Å². The zero-order valence-corrected chi connectivity index (χ0v) is 8.18. The molecule has 0 atom stereocenters. The molecule has 0 unspecified atom stereocenters. The number of hydrogen-bond acceptors (Lipinski definition) is 1. The van der Waals surface area contributed by atoms with Crippen LogP contribution >= 0.6 is 22.6 Å². The summed E-state index contributed by atoms with van der Waals surface area (Å²) in [5.41, 5.74) is 0. The maximum atomic E-state index is 10.7. The summed E-state index contributed by atoms with van der Waals surface area (Å²) < 4.78 is 0.782. The Hall–Kier alpha value is 0.200. The molecule has 0 aliphatic heterocycles. The molecule has 54 valence electrons. The van der Waals surface area contributed by atoms with Crippen molar-refractivity contribution in [3.8, 4) is 0 Å². The zero-order valence-electron chi connectivity index (χ0n) is 6.02. The third-order valence-electron chi connectivity index (χ3n) is 1.16. The van der Waals surface area contributed by atoms with Crippen LogP contribution in [0.4, 0.5) is 0 Å². The van der Waals surface area contributed by atoms with Gasteiger partial charge in [-0.1, -0.05) is 22.6 Å². The lowest BCUT2D eigenvalue weighted by molar-refractivity contribution is -0.129. The molecule has 2 nitrogen and oxygen atoms in total. The van der Waals surface area contributed by atoms with E-state index < -0.39 is 0 Å². The van der Waals surface area contributed by atoms with Crippen LogP contribution in [0.15, 0.2) is 0 Å². The number of hydrogen-bond donors (Lipinski definition) is 0. The largest absolute Gasteiger partial charge is 0.331 e. The Bertz CT molecular complexity index is 103. The molecule has 3 heteroatoms. The molecular weight excluding hydrogens is 229 g/mol. The van der Waals surface area contributed by atoms with Crippen molar-refractivity contribution in [2.24, 2.45) is 0 Å². The molecule has 0 heterocycles. The number of amides is 1. The fourth-order valence-electron chi connectivity index (χ4n) is 0.586. The lowest BCUT2D eigenvalue weighted by Crippen LogP contribution is -2.33. The van der Waals surface area contributed by atoms with Gasteiger partial charge in [0, 0.05) is 13.0 Å². The van der Waals surface area contributed by atoms with Crippen LogP contribution in [-0.2, 0) is 4.79 Å². The molecule has 0 N–H and O–H groups in total. The summed E-state index contributed by atoms with van der Waals surface area (Å²) >= 11 is 2.19. The molecule has 0 saturated heterocycles. The Labute approximate surface area is 69.7 Å². The van der Waals surface area contributed by atoms with Crippen molar-refractivity contribution in [1.82, 2.24) is 4.90 Å². The van der Waals surface area contributed by atoms with Gasteiger partial charge >= 0.3 is 0 Å². The smallest absolute Gasteiger partial charge is 0.220 e. The molecule has 0 aromatic rings. The van der Waals surface area contributed by atoms with Gasteiger partial charge in [-0.05, 0) is 13.8 Å². The molecule has 0 saturated carbocycles. The van der Waals surface area contributed by atoms with E-state index >= 15 is 0 Å². The molecule has 0 radical (unpaired) electrons. The summed E-state index contributed by atoms with van der Waals surface area (Å²) in [7, 11) is 0. The molecule has 0 aliphatic rings. The first-order chi connectivity index (χ1) is 4.09. The van der Waals surface area contributed by atoms with Crippen LogP contribution in [-0.4, -0.2) is 21.4 Å². The van der Waals surface area contributed by atoms with Gasteiger partial charge < -0.3 is 4.90 Å². The van der Waals surface area contributed by atoms with E-state index in [9.17, 15) is 4.79 Å². The molecule has 1 amide bonds. The van der Waals surface area contributed by atoms with Gasteiger partial charge in [0.25, 0.3) is 0 Å². The second-order valence-electron chi connectivity index (χ2n) is 2.20. The Kier molecular flexibility index (Phi) is 4.18. The van der Waals surface area contributed by atoms with Crippen molar-refractivity contribution < 1.29 is 4.79 Å². The molecule has 0 rings (SSSR count). The first-order valence-corrected chi connectivity index (χ1v) is 4.45. The minimum atomic E-state index is 0.152. The fraction of sp³-hybridized carbons (Fsp3) is 0.833. The molecule has 0 spiro atoms. The molecule has 0 fully saturated rings. The Morgan fingerprint density at radius 3 is 2.11 bits per heavy atom. The summed E-state index contributed by atoms with van der Waals surface area (Å²) in [6.07, 6.45) is 0. The van der Waals surface area contributed by atoms with Gasteiger partial charge in [-0.2, -0.15) is 0 Å². The van der Waals surface area contributed by atoms with Gasteiger partial charge in [0.1, 0.15) is 0 Å². The van der Waals surface area contributed by atoms with Gasteiger partial charge in [0.2, 0.25) is 5.91 Å². The quantitative estimate of drug-likeness (QED) is 0.409. The molecule has 0 bridgehead atoms. The lowest BCUT2D eigenvalue weighted by Gasteiger charge is -2.21. The summed E-state index contributed by atoms with van der Waals surface area (Å²) in [6, 6.07) is 0.333. The standard InChI is InChI=1S/C6H12INO/c1-5(2)8(4-7)6(3)9/h5H,4H2,1-3H3. The number of carbonyl (C=O) groups excluding carboxylic acids is 1. The Balaban J connectivity index is 3.83. The van der Waals surface area contributed by atoms with Crippen LogP contribution in [0.3, 0.4) is 0 Å². The van der Waals surface area contributed by atoms with Crippen molar-refractivity contribution in [3.05, 3.63) is 0 Å². The van der Waals surface area contributed by atoms with Gasteiger partial charge in [-0.15, -0.1) is 0 Å². The van der Waals surface area contributed by atoms with Crippen molar-refractivity contribution in [2.75, 3.05) is 4.55 Å². The normalized spacial score (nSPS) is 9.89. The topological polar surface area (TPSA) is 20.3 Å². The van der Waals surface area contributed by atoms with Crippen LogP contribution in [0.5, 0.6) is 0 Å². The SMILES string of the molecule is CC(=O)N(CI)C(C)C. The van der Waals surface area contributed by atoms with Crippen LogP contribution in [0.1, 0.15) is 20.8 Å². The van der Waals surface area contributed by atoms with E-state index in [2.05, 4.69) is 22.6 Å². The van der Waals surface area contributed by atoms with Crippen LogP contribution in [0.2, 0.25) is 0 Å². The van der Waals surface area contributed by atoms with Gasteiger partial charge in [-0.3, -0.25) is 4.79 Å². The van der Waals surface area contributed by atoms with E-state index in [1.54, 1.807) is 11.8 Å². The van der Waals surface area contributed by atoms with E-state index in [4.69, 9.17) is 0 Å². The highest BCUT2D eigenvalue weighted by Crippen LogP contribution is 2.00. The summed E-state index contributed by atoms with van der Waals surface area (Å²) in [5, 5.41) is 0. The summed E-state index contributed by atoms with van der Waals surface area (Å²) in [6.45, 7) is 5.62. The average molecular weight is 241 g/mol. The Morgan fingerprint density at radius 2 is 2.11 bits per heavy atom. The summed E-state index contributed by atoms with van der Waals surface area (Å²) in [4.78, 5) is 12.5. The highest BCUT2D eigenvalue weighted by atomic mass is 127. The first kappa shape index (κ1) is 9.20. The number of rotatable bonds is 2. The second-order valence-corrected chi connectivity index (χ2v) is 2.88. The Morgan fingerprint density at radius 1 is 1.67 bits per heavy atom. The van der Waals surface area contributed by atoms with Crippen LogP contribution < -0.4 is 0 Å². The molecule has 0 aromatic heterocycles. The minimum Gasteiger partial charge on any atom is -0.331 e. The van der Waals surface area contributed by atoms with Crippen LogP contribution in [0.25, 0.3) is 0 Å². The third-order valence-corrected chi connectivity index (χ3v) is 1.89. The zero-order chi connectivity index (χ0) is 7.44. The van der Waals surface area contributed by atoms with E-state index in [1.165, 1.54) is 0 Å². The van der Waals surface area contributed by atoms with E-state index in [1.807, 2.05) is 13.8 Å². The van der Waals surface area contributed by atoms with E-state index in [0.29, 0.717) is 6.04 Å². The van der Waals surface area contributed by atoms with Crippen molar-refractivity contribution in [1.29, 1.82) is 0 Å². The van der Waals surface area contributed by atoms with Gasteiger partial charge in [-0.25, -0.2) is 0 Å². The average Bonchev–Trinajstić information content (AvgIpc) is 1.64. The predicted octanol–water partition coefficient (Wildman–Crippen LogP) is 1.64. The highest BCUT2D eigenvalue weighted by Gasteiger charge is 2.08. The minimum absolute atomic E-state index is 0.152. The number of halogens is 1. The molecular formula is C6H12INO. The number of alkyl halides is 1. The third kappa shape index (κ3) is 3.03. The van der Waals surface area contributed by atoms with Crippen LogP contribution in [0, 0.1) is 0 Å². The molecule has 9 heavy (non-hydrogen) atoms. The van der Waals surface area contributed by atoms with E-state index in [-0.39, 0.29) is 5.91 Å². The lowest BCUT2D eigenvalue weighted by atomic mass is 10.3. The monoisotopic (exact) mass is 241 g/mol. The van der Waals surface area contributed by atoms with Crippen molar-refractivity contribution >= 4 is 28.5 Å². The molecule has 0 aromatic carbocycles. The molecule has 0 aliphatic carbocycles. The predicted molar refractivity (Wildman–Crippen MR) is 46.5 cm³/mol. The highest BCUT2D eigenvalue weighted by molar-refractivity contribution is 14.1. The first-order valence-electron chi connectivity index (χ1n) is 2.92. The maximum Gasteiger partial charge on any atom is 0.220 e. The van der Waals surface area contributed by atoms with Crippen molar-refractivity contribution in [3.63, 3.8) is 0 Å². The number of carbonyl (C=O) groups is 1. The summed E-state index contributed by atoms with van der Waals surface area (Å²) in [5.74, 6) is 0.152. The fourth-order valence-corrected chi connectivity index (χ4v) is 1.85. The van der Waals surface area contributed by atoms with Gasteiger partial charge in [0.05, 0.1) is 4.55 Å². The maximum absolute atomic E-state index is 10.7. The number of nitrogens with zero attached hydrogens (tertiary/aromatic N) is 1. The van der Waals surface area contributed by atoms with E-state index in [0.717, 1.165) is 4.55 Å². The second kappa shape index (κ2) is 4.09. The van der Waals surface area contributed by atoms with Crippen molar-refractivity contribution in [2.45, 2.75) is 26.8 Å².